The van der Waals surface area contributed by atoms with Gasteiger partial charge in [0.1, 0.15) is 10.6 Å². The van der Waals surface area contributed by atoms with Crippen LogP contribution in [0.15, 0.2) is 36.4 Å². The minimum absolute atomic E-state index is 0.0659. The minimum Gasteiger partial charge on any atom is -0.495 e. The molecule has 0 spiro atoms. The second-order valence-corrected chi connectivity index (χ2v) is 7.51. The second-order valence-electron chi connectivity index (χ2n) is 6.46. The minimum atomic E-state index is -0.0659. The third-order valence-corrected chi connectivity index (χ3v) is 5.67. The van der Waals surface area contributed by atoms with Gasteiger partial charge in [0.2, 0.25) is 0 Å². The van der Waals surface area contributed by atoms with Crippen molar-refractivity contribution in [1.29, 1.82) is 0 Å². The number of thiophene rings is 1. The Morgan fingerprint density at radius 2 is 2.20 bits per heavy atom. The van der Waals surface area contributed by atoms with E-state index in [1.165, 1.54) is 11.3 Å². The number of hydrogen-bond donors (Lipinski definition) is 1. The molecule has 25 heavy (non-hydrogen) atoms. The molecular formula is C20H25NO3S. The highest BCUT2D eigenvalue weighted by atomic mass is 32.1. The highest BCUT2D eigenvalue weighted by Gasteiger charge is 2.21. The Morgan fingerprint density at radius 1 is 1.40 bits per heavy atom. The van der Waals surface area contributed by atoms with E-state index in [4.69, 9.17) is 9.47 Å². The summed E-state index contributed by atoms with van der Waals surface area (Å²) in [6.07, 6.45) is 4.58. The Bertz CT molecular complexity index is 692. The number of carbonyl (C=O) groups is 1. The lowest BCUT2D eigenvalue weighted by Crippen LogP contribution is -2.32. The summed E-state index contributed by atoms with van der Waals surface area (Å²) in [5, 5.41) is 3.10. The number of methoxy groups -OCH3 is 1. The van der Waals surface area contributed by atoms with Crippen LogP contribution in [0.2, 0.25) is 0 Å². The molecule has 2 aromatic rings. The quantitative estimate of drug-likeness (QED) is 0.792. The number of benzene rings is 1. The molecule has 1 N–H and O–H groups in total. The summed E-state index contributed by atoms with van der Waals surface area (Å²) in [6, 6.07) is 12.1. The lowest BCUT2D eigenvalue weighted by molar-refractivity contribution is 0.0900. The predicted octanol–water partition coefficient (Wildman–Crippen LogP) is 4.50. The van der Waals surface area contributed by atoms with E-state index in [1.807, 2.05) is 43.3 Å². The molecule has 0 saturated carbocycles. The van der Waals surface area contributed by atoms with Crippen LogP contribution in [0.5, 0.6) is 5.75 Å². The smallest absolute Gasteiger partial charge is 0.265 e. The van der Waals surface area contributed by atoms with Crippen molar-refractivity contribution in [2.45, 2.75) is 44.8 Å². The van der Waals surface area contributed by atoms with Crippen LogP contribution >= 0.6 is 11.3 Å². The first-order valence-corrected chi connectivity index (χ1v) is 9.64. The van der Waals surface area contributed by atoms with Crippen LogP contribution in [-0.2, 0) is 4.74 Å². The molecule has 2 atom stereocenters. The molecule has 1 aliphatic rings. The topological polar surface area (TPSA) is 47.6 Å². The summed E-state index contributed by atoms with van der Waals surface area (Å²) in [5.74, 6) is 0.566. The van der Waals surface area contributed by atoms with Gasteiger partial charge in [0.05, 0.1) is 13.2 Å². The number of nitrogens with one attached hydrogen (secondary N) is 1. The summed E-state index contributed by atoms with van der Waals surface area (Å²) in [5.41, 5.74) is 1.09. The van der Waals surface area contributed by atoms with Crippen LogP contribution < -0.4 is 10.1 Å². The highest BCUT2D eigenvalue weighted by Crippen LogP contribution is 2.36. The van der Waals surface area contributed by atoms with Crippen LogP contribution in [0.1, 0.15) is 42.3 Å². The van der Waals surface area contributed by atoms with Gasteiger partial charge in [0.15, 0.2) is 0 Å². The van der Waals surface area contributed by atoms with E-state index >= 15 is 0 Å². The molecule has 0 bridgehead atoms. The van der Waals surface area contributed by atoms with Gasteiger partial charge < -0.3 is 14.8 Å². The summed E-state index contributed by atoms with van der Waals surface area (Å²) >= 11 is 1.47. The predicted molar refractivity (Wildman–Crippen MR) is 101 cm³/mol. The van der Waals surface area contributed by atoms with E-state index < -0.39 is 0 Å². The summed E-state index contributed by atoms with van der Waals surface area (Å²) in [7, 11) is 1.61. The fraction of sp³-hybridized carbons (Fsp3) is 0.450. The Morgan fingerprint density at radius 3 is 2.88 bits per heavy atom. The van der Waals surface area contributed by atoms with Crippen molar-refractivity contribution < 1.29 is 14.3 Å². The van der Waals surface area contributed by atoms with Crippen LogP contribution in [0.3, 0.4) is 0 Å². The molecule has 1 aromatic heterocycles. The first-order chi connectivity index (χ1) is 12.2. The van der Waals surface area contributed by atoms with Crippen molar-refractivity contribution in [2.24, 2.45) is 0 Å². The number of hydrogen-bond acceptors (Lipinski definition) is 4. The van der Waals surface area contributed by atoms with E-state index in [0.717, 1.165) is 42.7 Å². The molecular weight excluding hydrogens is 334 g/mol. The number of carbonyl (C=O) groups excluding carboxylic acids is 1. The van der Waals surface area contributed by atoms with Crippen molar-refractivity contribution in [3.05, 3.63) is 41.3 Å². The van der Waals surface area contributed by atoms with Crippen molar-refractivity contribution in [3.8, 4) is 16.2 Å². The monoisotopic (exact) mass is 359 g/mol. The fourth-order valence-electron chi connectivity index (χ4n) is 3.10. The zero-order valence-electron chi connectivity index (χ0n) is 14.8. The molecule has 2 heterocycles. The van der Waals surface area contributed by atoms with Gasteiger partial charge in [-0.3, -0.25) is 4.79 Å². The zero-order valence-corrected chi connectivity index (χ0v) is 15.6. The molecule has 5 heteroatoms. The summed E-state index contributed by atoms with van der Waals surface area (Å²) in [4.78, 5) is 14.3. The molecule has 0 radical (unpaired) electrons. The van der Waals surface area contributed by atoms with Gasteiger partial charge in [-0.05, 0) is 44.2 Å². The largest absolute Gasteiger partial charge is 0.495 e. The first-order valence-electron chi connectivity index (χ1n) is 8.83. The van der Waals surface area contributed by atoms with Crippen molar-refractivity contribution in [1.82, 2.24) is 5.32 Å². The number of ether oxygens (including phenoxy) is 2. The maximum atomic E-state index is 12.7. The zero-order chi connectivity index (χ0) is 17.6. The van der Waals surface area contributed by atoms with Gasteiger partial charge in [-0.25, -0.2) is 0 Å². The highest BCUT2D eigenvalue weighted by molar-refractivity contribution is 7.17. The maximum absolute atomic E-state index is 12.7. The molecule has 2 unspecified atom stereocenters. The summed E-state index contributed by atoms with van der Waals surface area (Å²) in [6.45, 7) is 2.92. The molecule has 1 amide bonds. The van der Waals surface area contributed by atoms with Crippen LogP contribution in [-0.4, -0.2) is 31.8 Å². The lowest BCUT2D eigenvalue weighted by atomic mass is 10.1. The SMILES string of the molecule is COc1cc(-c2ccccc2)sc1C(=O)NC(C)CCC1CCCO1. The van der Waals surface area contributed by atoms with Crippen LogP contribution in [0.4, 0.5) is 0 Å². The van der Waals surface area contributed by atoms with Gasteiger partial charge in [0.25, 0.3) is 5.91 Å². The van der Waals surface area contributed by atoms with E-state index in [2.05, 4.69) is 5.32 Å². The normalized spacial score (nSPS) is 18.1. The van der Waals surface area contributed by atoms with Gasteiger partial charge in [-0.1, -0.05) is 30.3 Å². The van der Waals surface area contributed by atoms with E-state index in [-0.39, 0.29) is 11.9 Å². The molecule has 1 aromatic carbocycles. The van der Waals surface area contributed by atoms with E-state index in [0.29, 0.717) is 16.7 Å². The molecule has 4 nitrogen and oxygen atoms in total. The molecule has 1 aliphatic heterocycles. The summed E-state index contributed by atoms with van der Waals surface area (Å²) < 4.78 is 11.1. The third kappa shape index (κ3) is 4.61. The van der Waals surface area contributed by atoms with Gasteiger partial charge in [-0.2, -0.15) is 0 Å². The van der Waals surface area contributed by atoms with E-state index in [9.17, 15) is 4.79 Å². The second kappa shape index (κ2) is 8.50. The maximum Gasteiger partial charge on any atom is 0.265 e. The number of amides is 1. The molecule has 0 aliphatic carbocycles. The van der Waals surface area contributed by atoms with Gasteiger partial charge in [-0.15, -0.1) is 11.3 Å². The lowest BCUT2D eigenvalue weighted by Gasteiger charge is -2.16. The number of rotatable bonds is 7. The Hall–Kier alpha value is -1.85. The van der Waals surface area contributed by atoms with Crippen molar-refractivity contribution in [2.75, 3.05) is 13.7 Å². The Kier molecular flexibility index (Phi) is 6.10. The van der Waals surface area contributed by atoms with E-state index in [1.54, 1.807) is 7.11 Å². The third-order valence-electron chi connectivity index (χ3n) is 4.51. The van der Waals surface area contributed by atoms with Gasteiger partial charge in [0, 0.05) is 17.5 Å². The van der Waals surface area contributed by atoms with Crippen LogP contribution in [0.25, 0.3) is 10.4 Å². The molecule has 3 rings (SSSR count). The average molecular weight is 359 g/mol. The van der Waals surface area contributed by atoms with Crippen LogP contribution in [0, 0.1) is 0 Å². The fourth-order valence-corrected chi connectivity index (χ4v) is 4.13. The average Bonchev–Trinajstić information content (AvgIpc) is 3.30. The Balaban J connectivity index is 1.63. The standard InChI is InChI=1S/C20H25NO3S/c1-14(10-11-16-9-6-12-24-16)21-20(22)19-17(23-2)13-18(25-19)15-7-4-3-5-8-15/h3-5,7-8,13-14,16H,6,9-12H2,1-2H3,(H,21,22). The molecule has 134 valence electrons. The van der Waals surface area contributed by atoms with Gasteiger partial charge >= 0.3 is 0 Å². The molecule has 1 saturated heterocycles. The van der Waals surface area contributed by atoms with Crippen molar-refractivity contribution in [3.63, 3.8) is 0 Å². The first kappa shape index (κ1) is 18.0. The van der Waals surface area contributed by atoms with Crippen molar-refractivity contribution >= 4 is 17.2 Å². The Labute approximate surface area is 153 Å². The molecule has 1 fully saturated rings.